The molecule has 1 aromatic rings. The number of hydrogen-bond donors (Lipinski definition) is 1. The lowest BCUT2D eigenvalue weighted by Gasteiger charge is -2.08. The molecule has 0 saturated heterocycles. The van der Waals surface area contributed by atoms with Crippen LogP contribution in [0.4, 0.5) is 0 Å². The zero-order valence-electron chi connectivity index (χ0n) is 12.0. The number of hydrogen-bond acceptors (Lipinski definition) is 4. The second-order valence-corrected chi connectivity index (χ2v) is 4.23. The maximum atomic E-state index is 5.64. The van der Waals surface area contributed by atoms with Crippen molar-refractivity contribution in [2.75, 3.05) is 40.1 Å². The molecule has 0 saturated carbocycles. The molecular weight excluding hydrogens is 242 g/mol. The Morgan fingerprint density at radius 2 is 1.79 bits per heavy atom. The first-order valence-electron chi connectivity index (χ1n) is 6.86. The molecule has 0 spiro atoms. The van der Waals surface area contributed by atoms with Crippen molar-refractivity contribution in [2.24, 2.45) is 0 Å². The molecule has 1 rings (SSSR count). The SMILES string of the molecule is CCNCc1ccc(OCCCOCCOC)cc1. The van der Waals surface area contributed by atoms with Gasteiger partial charge in [0.2, 0.25) is 0 Å². The third kappa shape index (κ3) is 7.82. The molecule has 4 heteroatoms. The van der Waals surface area contributed by atoms with Gasteiger partial charge in [-0.3, -0.25) is 0 Å². The molecule has 0 heterocycles. The lowest BCUT2D eigenvalue weighted by atomic mass is 10.2. The summed E-state index contributed by atoms with van der Waals surface area (Å²) < 4.78 is 15.9. The van der Waals surface area contributed by atoms with Crippen LogP contribution in [-0.4, -0.2) is 40.1 Å². The zero-order valence-corrected chi connectivity index (χ0v) is 12.0. The van der Waals surface area contributed by atoms with Gasteiger partial charge in [0.1, 0.15) is 5.75 Å². The molecule has 19 heavy (non-hydrogen) atoms. The van der Waals surface area contributed by atoms with Crippen molar-refractivity contribution >= 4 is 0 Å². The third-order valence-corrected chi connectivity index (χ3v) is 2.64. The highest BCUT2D eigenvalue weighted by Gasteiger charge is 1.96. The van der Waals surface area contributed by atoms with Crippen molar-refractivity contribution in [2.45, 2.75) is 19.9 Å². The van der Waals surface area contributed by atoms with Gasteiger partial charge in [-0.05, 0) is 24.2 Å². The van der Waals surface area contributed by atoms with Crippen LogP contribution < -0.4 is 10.1 Å². The number of rotatable bonds is 11. The van der Waals surface area contributed by atoms with Crippen molar-refractivity contribution in [1.29, 1.82) is 0 Å². The summed E-state index contributed by atoms with van der Waals surface area (Å²) >= 11 is 0. The average Bonchev–Trinajstić information content (AvgIpc) is 2.45. The summed E-state index contributed by atoms with van der Waals surface area (Å²) in [6.07, 6.45) is 0.892. The van der Waals surface area contributed by atoms with Gasteiger partial charge in [0.25, 0.3) is 0 Å². The maximum Gasteiger partial charge on any atom is 0.119 e. The minimum absolute atomic E-state index is 0.647. The van der Waals surface area contributed by atoms with Gasteiger partial charge in [0.15, 0.2) is 0 Å². The van der Waals surface area contributed by atoms with E-state index >= 15 is 0 Å². The fourth-order valence-electron chi connectivity index (χ4n) is 1.57. The van der Waals surface area contributed by atoms with Gasteiger partial charge in [-0.2, -0.15) is 0 Å². The van der Waals surface area contributed by atoms with E-state index in [9.17, 15) is 0 Å². The summed E-state index contributed by atoms with van der Waals surface area (Å²) in [7, 11) is 1.67. The van der Waals surface area contributed by atoms with Crippen LogP contribution in [0.3, 0.4) is 0 Å². The van der Waals surface area contributed by atoms with Crippen molar-refractivity contribution < 1.29 is 14.2 Å². The fourth-order valence-corrected chi connectivity index (χ4v) is 1.57. The molecule has 0 unspecified atom stereocenters. The Hall–Kier alpha value is -1.10. The summed E-state index contributed by atoms with van der Waals surface area (Å²) in [4.78, 5) is 0. The standard InChI is InChI=1S/C15H25NO3/c1-3-16-13-14-5-7-15(8-6-14)19-10-4-9-18-12-11-17-2/h5-8,16H,3-4,9-13H2,1-2H3. The van der Waals surface area contributed by atoms with Crippen LogP contribution in [0.25, 0.3) is 0 Å². The van der Waals surface area contributed by atoms with Crippen molar-refractivity contribution in [3.05, 3.63) is 29.8 Å². The number of methoxy groups -OCH3 is 1. The van der Waals surface area contributed by atoms with Crippen LogP contribution in [0, 0.1) is 0 Å². The molecule has 0 aliphatic heterocycles. The summed E-state index contributed by atoms with van der Waals surface area (Å²) in [6, 6.07) is 8.21. The molecule has 0 amide bonds. The van der Waals surface area contributed by atoms with Crippen molar-refractivity contribution in [1.82, 2.24) is 5.32 Å². The number of benzene rings is 1. The zero-order chi connectivity index (χ0) is 13.8. The van der Waals surface area contributed by atoms with Gasteiger partial charge in [-0.1, -0.05) is 19.1 Å². The van der Waals surface area contributed by atoms with Gasteiger partial charge in [-0.25, -0.2) is 0 Å². The van der Waals surface area contributed by atoms with Gasteiger partial charge in [0, 0.05) is 26.7 Å². The molecule has 0 fully saturated rings. The molecule has 108 valence electrons. The Balaban J connectivity index is 2.09. The smallest absolute Gasteiger partial charge is 0.119 e. The second kappa shape index (κ2) is 10.8. The Morgan fingerprint density at radius 1 is 1.00 bits per heavy atom. The van der Waals surface area contributed by atoms with E-state index in [1.807, 2.05) is 12.1 Å². The minimum atomic E-state index is 0.647. The monoisotopic (exact) mass is 267 g/mol. The first kappa shape index (κ1) is 16.0. The predicted octanol–water partition coefficient (Wildman–Crippen LogP) is 2.23. The first-order valence-corrected chi connectivity index (χ1v) is 6.86. The van der Waals surface area contributed by atoms with Crippen LogP contribution >= 0.6 is 0 Å². The summed E-state index contributed by atoms with van der Waals surface area (Å²) in [6.45, 7) is 6.68. The molecule has 0 aromatic heterocycles. The summed E-state index contributed by atoms with van der Waals surface area (Å²) in [5.74, 6) is 0.914. The van der Waals surface area contributed by atoms with E-state index in [1.54, 1.807) is 7.11 Å². The normalized spacial score (nSPS) is 10.6. The number of ether oxygens (including phenoxy) is 3. The largest absolute Gasteiger partial charge is 0.494 e. The second-order valence-electron chi connectivity index (χ2n) is 4.23. The minimum Gasteiger partial charge on any atom is -0.494 e. The van der Waals surface area contributed by atoms with Gasteiger partial charge in [0.05, 0.1) is 19.8 Å². The molecule has 1 aromatic carbocycles. The fraction of sp³-hybridized carbons (Fsp3) is 0.600. The van der Waals surface area contributed by atoms with Crippen LogP contribution in [0.15, 0.2) is 24.3 Å². The van der Waals surface area contributed by atoms with E-state index in [0.717, 1.165) is 25.3 Å². The summed E-state index contributed by atoms with van der Waals surface area (Å²) in [5, 5.41) is 3.29. The number of nitrogens with one attached hydrogen (secondary N) is 1. The molecule has 0 bridgehead atoms. The summed E-state index contributed by atoms with van der Waals surface area (Å²) in [5.41, 5.74) is 1.28. The molecule has 0 aliphatic rings. The molecule has 0 radical (unpaired) electrons. The molecular formula is C15H25NO3. The highest BCUT2D eigenvalue weighted by atomic mass is 16.5. The van der Waals surface area contributed by atoms with Crippen LogP contribution in [-0.2, 0) is 16.0 Å². The quantitative estimate of drug-likeness (QED) is 0.624. The lowest BCUT2D eigenvalue weighted by Crippen LogP contribution is -2.11. The highest BCUT2D eigenvalue weighted by Crippen LogP contribution is 2.12. The van der Waals surface area contributed by atoms with Crippen molar-refractivity contribution in [3.8, 4) is 5.75 Å². The molecule has 1 N–H and O–H groups in total. The van der Waals surface area contributed by atoms with E-state index in [2.05, 4.69) is 24.4 Å². The average molecular weight is 267 g/mol. The third-order valence-electron chi connectivity index (χ3n) is 2.64. The Bertz CT molecular complexity index is 314. The van der Waals surface area contributed by atoms with Gasteiger partial charge < -0.3 is 19.5 Å². The van der Waals surface area contributed by atoms with Crippen LogP contribution in [0.5, 0.6) is 5.75 Å². The highest BCUT2D eigenvalue weighted by molar-refractivity contribution is 5.27. The van der Waals surface area contributed by atoms with Gasteiger partial charge >= 0.3 is 0 Å². The van der Waals surface area contributed by atoms with Crippen molar-refractivity contribution in [3.63, 3.8) is 0 Å². The molecule has 4 nitrogen and oxygen atoms in total. The van der Waals surface area contributed by atoms with E-state index in [4.69, 9.17) is 14.2 Å². The Morgan fingerprint density at radius 3 is 2.47 bits per heavy atom. The van der Waals surface area contributed by atoms with E-state index in [-0.39, 0.29) is 0 Å². The van der Waals surface area contributed by atoms with E-state index < -0.39 is 0 Å². The van der Waals surface area contributed by atoms with E-state index in [1.165, 1.54) is 5.56 Å². The Kier molecular flexibility index (Phi) is 9.06. The van der Waals surface area contributed by atoms with Crippen LogP contribution in [0.2, 0.25) is 0 Å². The molecule has 0 atom stereocenters. The van der Waals surface area contributed by atoms with Gasteiger partial charge in [-0.15, -0.1) is 0 Å². The van der Waals surface area contributed by atoms with E-state index in [0.29, 0.717) is 26.4 Å². The van der Waals surface area contributed by atoms with Crippen LogP contribution in [0.1, 0.15) is 18.9 Å². The Labute approximate surface area is 116 Å². The lowest BCUT2D eigenvalue weighted by molar-refractivity contribution is 0.0644. The maximum absolute atomic E-state index is 5.64. The topological polar surface area (TPSA) is 39.7 Å². The molecule has 0 aliphatic carbocycles. The predicted molar refractivity (Wildman–Crippen MR) is 76.6 cm³/mol. The first-order chi connectivity index (χ1) is 9.36.